The average Bonchev–Trinajstić information content (AvgIpc) is 3.19. The Morgan fingerprint density at radius 1 is 1.24 bits per heavy atom. The molecule has 0 atom stereocenters. The Morgan fingerprint density at radius 2 is 1.93 bits per heavy atom. The number of carbonyl (C=O) groups excluding carboxylic acids is 1. The van der Waals surface area contributed by atoms with Crippen LogP contribution in [-0.4, -0.2) is 20.6 Å². The number of thiophene rings is 1. The van der Waals surface area contributed by atoms with Crippen LogP contribution in [0.2, 0.25) is 0 Å². The highest BCUT2D eigenvalue weighted by molar-refractivity contribution is 7.18. The number of nitrogens with two attached hydrogens (primary N) is 2. The number of benzene rings is 1. The van der Waals surface area contributed by atoms with E-state index < -0.39 is 28.7 Å². The predicted octanol–water partition coefficient (Wildman–Crippen LogP) is 4.26. The van der Waals surface area contributed by atoms with Crippen molar-refractivity contribution in [3.05, 3.63) is 46.0 Å². The molecule has 3 aromatic heterocycles. The van der Waals surface area contributed by atoms with Crippen LogP contribution in [0.25, 0.3) is 26.8 Å². The van der Waals surface area contributed by atoms with Crippen molar-refractivity contribution >= 4 is 44.2 Å². The van der Waals surface area contributed by atoms with Crippen LogP contribution in [0.1, 0.15) is 27.2 Å². The summed E-state index contributed by atoms with van der Waals surface area (Å²) in [6, 6.07) is 4.56. The summed E-state index contributed by atoms with van der Waals surface area (Å²) < 4.78 is 43.4. The second-order valence-electron chi connectivity index (χ2n) is 6.65. The Bertz CT molecular complexity index is 1320. The van der Waals surface area contributed by atoms with Crippen LogP contribution in [0, 0.1) is 13.8 Å². The normalized spacial score (nSPS) is 12.2. The van der Waals surface area contributed by atoms with E-state index >= 15 is 0 Å². The Balaban J connectivity index is 2.36. The van der Waals surface area contributed by atoms with E-state index in [1.165, 1.54) is 28.0 Å². The maximum Gasteiger partial charge on any atom is 0.434 e. The van der Waals surface area contributed by atoms with Gasteiger partial charge in [-0.2, -0.15) is 13.2 Å². The van der Waals surface area contributed by atoms with E-state index in [0.29, 0.717) is 21.5 Å². The molecule has 4 rings (SSSR count). The summed E-state index contributed by atoms with van der Waals surface area (Å²) in [4.78, 5) is 15.9. The summed E-state index contributed by atoms with van der Waals surface area (Å²) in [7, 11) is 0. The number of anilines is 1. The smallest absolute Gasteiger partial charge is 0.434 e. The number of aromatic nitrogens is 2. The van der Waals surface area contributed by atoms with E-state index in [9.17, 15) is 23.1 Å². The molecule has 5 N–H and O–H groups in total. The molecule has 1 amide bonds. The SMILES string of the molecule is Cc1ccc(O)c(C)c1-n1c(N)c(C(N)=O)c2c(C(F)(F)F)nc3ccsc3c21. The molecule has 0 radical (unpaired) electrons. The Hall–Kier alpha value is -3.27. The number of fused-ring (bicyclic) bond motifs is 3. The first kappa shape index (κ1) is 19.1. The first-order valence-corrected chi connectivity index (χ1v) is 9.29. The number of aryl methyl sites for hydroxylation is 1. The lowest BCUT2D eigenvalue weighted by molar-refractivity contribution is -0.139. The van der Waals surface area contributed by atoms with Crippen molar-refractivity contribution in [3.8, 4) is 11.4 Å². The topological polar surface area (TPSA) is 107 Å². The summed E-state index contributed by atoms with van der Waals surface area (Å²) in [5, 5.41) is 11.3. The molecule has 0 saturated carbocycles. The van der Waals surface area contributed by atoms with Gasteiger partial charge in [0.05, 0.1) is 27.0 Å². The molecule has 0 fully saturated rings. The molecule has 0 spiro atoms. The van der Waals surface area contributed by atoms with E-state index in [-0.39, 0.29) is 22.6 Å². The lowest BCUT2D eigenvalue weighted by Gasteiger charge is -2.16. The zero-order valence-electron chi connectivity index (χ0n) is 15.3. The number of hydrogen-bond acceptors (Lipinski definition) is 5. The third-order valence-corrected chi connectivity index (χ3v) is 5.79. The van der Waals surface area contributed by atoms with Crippen LogP contribution >= 0.6 is 11.3 Å². The van der Waals surface area contributed by atoms with Crippen LogP contribution in [0.15, 0.2) is 23.6 Å². The Labute approximate surface area is 166 Å². The van der Waals surface area contributed by atoms with Crippen molar-refractivity contribution < 1.29 is 23.1 Å². The molecule has 10 heteroatoms. The zero-order valence-corrected chi connectivity index (χ0v) is 16.1. The average molecular weight is 420 g/mol. The molecular weight excluding hydrogens is 405 g/mol. The first-order valence-electron chi connectivity index (χ1n) is 8.41. The van der Waals surface area contributed by atoms with Gasteiger partial charge in [0.25, 0.3) is 5.91 Å². The fourth-order valence-electron chi connectivity index (χ4n) is 3.64. The highest BCUT2D eigenvalue weighted by Crippen LogP contribution is 2.45. The fraction of sp³-hybridized carbons (Fsp3) is 0.158. The van der Waals surface area contributed by atoms with Gasteiger partial charge < -0.3 is 16.6 Å². The molecule has 0 bridgehead atoms. The monoisotopic (exact) mass is 420 g/mol. The van der Waals surface area contributed by atoms with Gasteiger partial charge >= 0.3 is 6.18 Å². The number of halogens is 3. The number of amides is 1. The molecule has 0 unspecified atom stereocenters. The van der Waals surface area contributed by atoms with Gasteiger partial charge in [-0.25, -0.2) is 4.98 Å². The van der Waals surface area contributed by atoms with Crippen LogP contribution in [0.3, 0.4) is 0 Å². The molecule has 29 heavy (non-hydrogen) atoms. The summed E-state index contributed by atoms with van der Waals surface area (Å²) in [6.07, 6.45) is -4.83. The van der Waals surface area contributed by atoms with Crippen molar-refractivity contribution in [1.82, 2.24) is 9.55 Å². The number of aromatic hydroxyl groups is 1. The molecule has 0 saturated heterocycles. The van der Waals surface area contributed by atoms with Crippen LogP contribution in [0.4, 0.5) is 19.0 Å². The highest BCUT2D eigenvalue weighted by Gasteiger charge is 2.39. The number of nitrogens with zero attached hydrogens (tertiary/aromatic N) is 2. The number of nitrogen functional groups attached to an aromatic ring is 1. The molecule has 0 aliphatic rings. The Morgan fingerprint density at radius 3 is 2.55 bits per heavy atom. The van der Waals surface area contributed by atoms with E-state index in [1.54, 1.807) is 25.3 Å². The van der Waals surface area contributed by atoms with Crippen molar-refractivity contribution in [2.24, 2.45) is 5.73 Å². The standard InChI is InChI=1S/C19H15F3N4O2S/c1-7-3-4-10(27)8(2)13(7)26-14-11(12(17(26)23)18(24)28)16(19(20,21)22)25-9-5-6-29-15(9)14/h3-6,27H,23H2,1-2H3,(H2,24,28). The summed E-state index contributed by atoms with van der Waals surface area (Å²) in [5.41, 5.74) is 11.6. The van der Waals surface area contributed by atoms with Crippen LogP contribution < -0.4 is 11.5 Å². The van der Waals surface area contributed by atoms with Crippen molar-refractivity contribution in [3.63, 3.8) is 0 Å². The zero-order chi connectivity index (χ0) is 21.2. The third-order valence-electron chi connectivity index (χ3n) is 4.88. The van der Waals surface area contributed by atoms with Crippen LogP contribution in [0.5, 0.6) is 5.75 Å². The number of primary amides is 1. The predicted molar refractivity (Wildman–Crippen MR) is 106 cm³/mol. The summed E-state index contributed by atoms with van der Waals surface area (Å²) in [5.74, 6) is -1.39. The van der Waals surface area contributed by atoms with E-state index in [1.807, 2.05) is 0 Å². The minimum absolute atomic E-state index is 0.0556. The van der Waals surface area contributed by atoms with Gasteiger partial charge in [0, 0.05) is 10.9 Å². The number of phenols is 1. The van der Waals surface area contributed by atoms with Crippen molar-refractivity contribution in [2.45, 2.75) is 20.0 Å². The quantitative estimate of drug-likeness (QED) is 0.450. The first-order chi connectivity index (χ1) is 13.5. The number of hydrogen-bond donors (Lipinski definition) is 3. The molecule has 0 aliphatic carbocycles. The number of pyridine rings is 1. The number of carbonyl (C=O) groups is 1. The fourth-order valence-corrected chi connectivity index (χ4v) is 4.51. The summed E-state index contributed by atoms with van der Waals surface area (Å²) >= 11 is 1.17. The Kier molecular flexibility index (Phi) is 4.02. The highest BCUT2D eigenvalue weighted by atomic mass is 32.1. The van der Waals surface area contributed by atoms with Crippen LogP contribution in [-0.2, 0) is 6.18 Å². The number of rotatable bonds is 2. The molecular formula is C19H15F3N4O2S. The molecule has 6 nitrogen and oxygen atoms in total. The molecule has 0 aliphatic heterocycles. The molecule has 150 valence electrons. The number of phenolic OH excluding ortho intramolecular Hbond substituents is 1. The number of alkyl halides is 3. The lowest BCUT2D eigenvalue weighted by atomic mass is 10.1. The maximum absolute atomic E-state index is 13.9. The largest absolute Gasteiger partial charge is 0.508 e. The lowest BCUT2D eigenvalue weighted by Crippen LogP contribution is -2.16. The summed E-state index contributed by atoms with van der Waals surface area (Å²) in [6.45, 7) is 3.35. The molecule has 4 aromatic rings. The van der Waals surface area contributed by atoms with E-state index in [0.717, 1.165) is 0 Å². The van der Waals surface area contributed by atoms with Gasteiger partial charge in [-0.1, -0.05) is 6.07 Å². The van der Waals surface area contributed by atoms with E-state index in [4.69, 9.17) is 11.5 Å². The van der Waals surface area contributed by atoms with Gasteiger partial charge in [-0.15, -0.1) is 11.3 Å². The molecule has 1 aromatic carbocycles. The maximum atomic E-state index is 13.9. The van der Waals surface area contributed by atoms with E-state index in [2.05, 4.69) is 4.98 Å². The minimum atomic E-state index is -4.83. The van der Waals surface area contributed by atoms with Gasteiger partial charge in [0.2, 0.25) is 0 Å². The minimum Gasteiger partial charge on any atom is -0.508 e. The third kappa shape index (κ3) is 2.63. The molecule has 3 heterocycles. The van der Waals surface area contributed by atoms with Gasteiger partial charge in [-0.05, 0) is 36.9 Å². The van der Waals surface area contributed by atoms with Gasteiger partial charge in [-0.3, -0.25) is 9.36 Å². The van der Waals surface area contributed by atoms with Gasteiger partial charge in [0.15, 0.2) is 5.69 Å². The van der Waals surface area contributed by atoms with Crippen molar-refractivity contribution in [2.75, 3.05) is 5.73 Å². The van der Waals surface area contributed by atoms with Crippen molar-refractivity contribution in [1.29, 1.82) is 0 Å². The second-order valence-corrected chi connectivity index (χ2v) is 7.57. The second kappa shape index (κ2) is 6.11. The van der Waals surface area contributed by atoms with Gasteiger partial charge in [0.1, 0.15) is 11.6 Å².